The van der Waals surface area contributed by atoms with Crippen LogP contribution in [0.2, 0.25) is 0 Å². The molecule has 1 unspecified atom stereocenters. The Hall–Kier alpha value is -5.77. The van der Waals surface area contributed by atoms with Crippen LogP contribution >= 0.6 is 0 Å². The number of hydrogen-bond donors (Lipinski definition) is 3. The molecule has 7 rings (SSSR count). The zero-order valence-corrected chi connectivity index (χ0v) is 31.6. The number of nitrogens with one attached hydrogen (secondary N) is 1. The van der Waals surface area contributed by atoms with Crippen LogP contribution in [0.15, 0.2) is 121 Å². The molecular formula is C42H37F3NO15-. The number of fused-ring (bicyclic) bond motifs is 1. The summed E-state index contributed by atoms with van der Waals surface area (Å²) in [7, 11) is 0. The largest absolute Gasteiger partial charge is 0.828 e. The Morgan fingerprint density at radius 1 is 0.754 bits per heavy atom. The third-order valence-corrected chi connectivity index (χ3v) is 9.89. The van der Waals surface area contributed by atoms with Crippen LogP contribution in [-0.2, 0) is 42.7 Å². The summed E-state index contributed by atoms with van der Waals surface area (Å²) in [5, 5.41) is 38.5. The molecule has 0 bridgehead atoms. The van der Waals surface area contributed by atoms with Crippen molar-refractivity contribution in [2.45, 2.75) is 73.5 Å². The van der Waals surface area contributed by atoms with Crippen molar-refractivity contribution in [3.63, 3.8) is 0 Å². The Bertz CT molecular complexity index is 2130. The lowest BCUT2D eigenvalue weighted by Crippen LogP contribution is -2.72. The summed E-state index contributed by atoms with van der Waals surface area (Å²) in [6.07, 6.45) is -25.9. The molecule has 3 saturated heterocycles. The maximum absolute atomic E-state index is 14.3. The van der Waals surface area contributed by atoms with Gasteiger partial charge in [-0.15, -0.1) is 0 Å². The van der Waals surface area contributed by atoms with Crippen molar-refractivity contribution in [3.05, 3.63) is 144 Å². The van der Waals surface area contributed by atoms with Gasteiger partial charge in [0.2, 0.25) is 5.72 Å². The molecule has 11 atom stereocenters. The van der Waals surface area contributed by atoms with Crippen LogP contribution < -0.4 is 10.4 Å². The number of ether oxygens (including phenoxy) is 8. The van der Waals surface area contributed by atoms with Gasteiger partial charge in [0.15, 0.2) is 24.8 Å². The molecule has 3 N–H and O–H groups in total. The van der Waals surface area contributed by atoms with Crippen LogP contribution in [0, 0.1) is 0 Å². The minimum atomic E-state index is -5.74. The number of esters is 3. The molecule has 0 saturated carbocycles. The summed E-state index contributed by atoms with van der Waals surface area (Å²) in [6, 6.07) is 29.8. The summed E-state index contributed by atoms with van der Waals surface area (Å²) in [5.74, 6) is -6.30. The van der Waals surface area contributed by atoms with E-state index in [2.05, 4.69) is 0 Å². The van der Waals surface area contributed by atoms with Crippen LogP contribution in [0.3, 0.4) is 0 Å². The number of carbonyl (C=O) groups is 4. The molecule has 3 aliphatic heterocycles. The molecule has 61 heavy (non-hydrogen) atoms. The molecule has 1 amide bonds. The molecule has 3 fully saturated rings. The van der Waals surface area contributed by atoms with Gasteiger partial charge >= 0.3 is 30.0 Å². The van der Waals surface area contributed by atoms with Crippen LogP contribution in [0.5, 0.6) is 0 Å². The van der Waals surface area contributed by atoms with E-state index in [9.17, 15) is 47.7 Å². The van der Waals surface area contributed by atoms with Gasteiger partial charge in [0.1, 0.15) is 37.1 Å². The Kier molecular flexibility index (Phi) is 13.1. The Morgan fingerprint density at radius 3 is 1.87 bits per heavy atom. The molecule has 4 aromatic carbocycles. The fourth-order valence-corrected chi connectivity index (χ4v) is 6.92. The number of halogens is 3. The number of benzene rings is 4. The molecule has 16 nitrogen and oxygen atoms in total. The molecule has 0 spiro atoms. The van der Waals surface area contributed by atoms with Crippen molar-refractivity contribution in [2.75, 3.05) is 13.2 Å². The van der Waals surface area contributed by atoms with E-state index in [4.69, 9.17) is 37.9 Å². The maximum Gasteiger partial charge on any atom is 0.471 e. The van der Waals surface area contributed by atoms with Crippen LogP contribution in [0.25, 0.3) is 0 Å². The molecule has 4 aromatic rings. The highest BCUT2D eigenvalue weighted by Gasteiger charge is 2.66. The average molecular weight is 853 g/mol. The van der Waals surface area contributed by atoms with Crippen molar-refractivity contribution in [2.24, 2.45) is 0 Å². The zero-order chi connectivity index (χ0) is 43.3. The average Bonchev–Trinajstić information content (AvgIpc) is 3.53. The van der Waals surface area contributed by atoms with Crippen molar-refractivity contribution < 1.29 is 85.6 Å². The van der Waals surface area contributed by atoms with E-state index in [0.717, 1.165) is 0 Å². The standard InChI is InChI=1S/C42H37F3NO15/c43-42(44,45)40(53)46-41(61-39-30(48)29(47)31-27(57-39)21-55-38(58-31)26-19-11-4-12-20-26)32(59-37(52)33(41)60-36(51)25-17-9-3-10-18-25)28(56-35(50)24-15-7-2-8-16-24)22-54-34(49)23-13-5-1-6-14-23/h1-20,27-33,37-39,47-48H,21-22H2,(H,46,53)/q-1/t27-,28-,29-,30-,31+,32+,33+,37-,38?,39-,41+/m1/s1. The first kappa shape index (κ1) is 43.3. The van der Waals surface area contributed by atoms with Gasteiger partial charge in [0.05, 0.1) is 23.3 Å². The molecule has 3 heterocycles. The number of amides is 1. The number of aliphatic hydroxyl groups is 2. The van der Waals surface area contributed by atoms with Crippen molar-refractivity contribution >= 4 is 23.8 Å². The topological polar surface area (TPSA) is 218 Å². The van der Waals surface area contributed by atoms with Crippen LogP contribution in [-0.4, -0.2) is 114 Å². The zero-order valence-electron chi connectivity index (χ0n) is 31.6. The van der Waals surface area contributed by atoms with Gasteiger partial charge in [-0.2, -0.15) is 13.2 Å². The fraction of sp³-hybridized carbons (Fsp3) is 0.333. The quantitative estimate of drug-likeness (QED) is 0.106. The second-order valence-corrected chi connectivity index (χ2v) is 14.0. The van der Waals surface area contributed by atoms with Gasteiger partial charge < -0.3 is 58.5 Å². The van der Waals surface area contributed by atoms with Crippen LogP contribution in [0.4, 0.5) is 13.2 Å². The highest BCUT2D eigenvalue weighted by Crippen LogP contribution is 2.42. The highest BCUT2D eigenvalue weighted by molar-refractivity contribution is 5.91. The molecule has 0 aromatic heterocycles. The minimum absolute atomic E-state index is 0.0130. The lowest BCUT2D eigenvalue weighted by molar-refractivity contribution is -0.499. The summed E-state index contributed by atoms with van der Waals surface area (Å²) in [4.78, 5) is 53.4. The number of carbonyl (C=O) groups excluding carboxylic acids is 4. The minimum Gasteiger partial charge on any atom is -0.828 e. The van der Waals surface area contributed by atoms with Gasteiger partial charge in [-0.1, -0.05) is 84.9 Å². The van der Waals surface area contributed by atoms with Gasteiger partial charge in [-0.3, -0.25) is 4.79 Å². The molecule has 19 heteroatoms. The second-order valence-electron chi connectivity index (χ2n) is 14.0. The summed E-state index contributed by atoms with van der Waals surface area (Å²) >= 11 is 0. The van der Waals surface area contributed by atoms with Crippen molar-refractivity contribution in [1.82, 2.24) is 5.32 Å². The number of rotatable bonds is 12. The van der Waals surface area contributed by atoms with E-state index in [1.54, 1.807) is 47.8 Å². The molecule has 322 valence electrons. The first-order valence-electron chi connectivity index (χ1n) is 18.7. The molecule has 3 aliphatic rings. The molecule has 0 aliphatic carbocycles. The predicted octanol–water partition coefficient (Wildman–Crippen LogP) is 2.33. The SMILES string of the molecule is O=C(OC[C@@H](OC(=O)c1ccccc1)[C@@H]1O[C@@H]([O-])[C@H](OC(=O)c2ccccc2)[C@@]1(NC(=O)C(F)(F)F)O[C@H]1O[C@@H]2COC(c3ccccc3)O[C@@H]2[C@H](O)[C@H]1O)c1ccccc1. The number of aliphatic hydroxyl groups excluding tert-OH is 2. The van der Waals surface area contributed by atoms with Crippen molar-refractivity contribution in [3.8, 4) is 0 Å². The summed E-state index contributed by atoms with van der Waals surface area (Å²) in [5.41, 5.74) is -3.24. The fourth-order valence-electron chi connectivity index (χ4n) is 6.92. The monoisotopic (exact) mass is 852 g/mol. The normalized spacial score (nSPS) is 29.0. The Balaban J connectivity index is 1.30. The summed E-state index contributed by atoms with van der Waals surface area (Å²) < 4.78 is 88.8. The van der Waals surface area contributed by atoms with Crippen molar-refractivity contribution in [1.29, 1.82) is 0 Å². The smallest absolute Gasteiger partial charge is 0.471 e. The Morgan fingerprint density at radius 2 is 1.30 bits per heavy atom. The van der Waals surface area contributed by atoms with E-state index in [0.29, 0.717) is 5.56 Å². The predicted molar refractivity (Wildman–Crippen MR) is 195 cm³/mol. The highest BCUT2D eigenvalue weighted by atomic mass is 19.4. The van der Waals surface area contributed by atoms with E-state index < -0.39 is 104 Å². The van der Waals surface area contributed by atoms with Gasteiger partial charge in [-0.05, 0) is 36.4 Å². The first-order chi connectivity index (χ1) is 29.2. The number of hydrogen-bond acceptors (Lipinski definition) is 15. The molecule has 0 radical (unpaired) electrons. The first-order valence-corrected chi connectivity index (χ1v) is 18.7. The maximum atomic E-state index is 14.3. The Labute approximate surface area is 344 Å². The van der Waals surface area contributed by atoms with E-state index >= 15 is 0 Å². The van der Waals surface area contributed by atoms with Crippen LogP contribution in [0.1, 0.15) is 42.9 Å². The van der Waals surface area contributed by atoms with E-state index in [1.807, 2.05) is 0 Å². The van der Waals surface area contributed by atoms with Gasteiger partial charge in [0.25, 0.3) is 0 Å². The van der Waals surface area contributed by atoms with Gasteiger partial charge in [0, 0.05) is 11.9 Å². The second kappa shape index (κ2) is 18.5. The lowest BCUT2D eigenvalue weighted by Gasteiger charge is -2.49. The third-order valence-electron chi connectivity index (χ3n) is 9.89. The number of alkyl halides is 3. The molecular weight excluding hydrogens is 815 g/mol. The lowest BCUT2D eigenvalue weighted by atomic mass is 9.94. The summed E-state index contributed by atoms with van der Waals surface area (Å²) in [6.45, 7) is -1.42. The van der Waals surface area contributed by atoms with E-state index in [1.165, 1.54) is 78.9 Å². The van der Waals surface area contributed by atoms with Gasteiger partial charge in [-0.25, -0.2) is 14.4 Å². The van der Waals surface area contributed by atoms with E-state index in [-0.39, 0.29) is 23.3 Å². The third kappa shape index (κ3) is 9.59.